The highest BCUT2D eigenvalue weighted by Gasteiger charge is 2.30. The van der Waals surface area contributed by atoms with Crippen LogP contribution in [0.25, 0.3) is 0 Å². The molecule has 0 aromatic carbocycles. The standard InChI is InChI=1S/C18H33NO4S/c1-2-3-6-9-15(20)12-13-19-16(21)14-24-17(19)10-7-4-5-8-11-18(22)23/h15,17,20H,2-14H2,1H3,(H,22,23)/t15-,17-/m1/s1. The molecule has 1 heterocycles. The minimum absolute atomic E-state index is 0.191. The van der Waals surface area contributed by atoms with E-state index < -0.39 is 5.97 Å². The summed E-state index contributed by atoms with van der Waals surface area (Å²) in [4.78, 5) is 24.4. The topological polar surface area (TPSA) is 77.8 Å². The number of carboxylic acid groups (broad SMARTS) is 1. The van der Waals surface area contributed by atoms with Gasteiger partial charge >= 0.3 is 5.97 Å². The van der Waals surface area contributed by atoms with Gasteiger partial charge in [0.05, 0.1) is 17.2 Å². The maximum atomic E-state index is 12.0. The second-order valence-electron chi connectivity index (χ2n) is 6.64. The van der Waals surface area contributed by atoms with Crippen molar-refractivity contribution in [2.75, 3.05) is 12.3 Å². The molecular weight excluding hydrogens is 326 g/mol. The van der Waals surface area contributed by atoms with Crippen LogP contribution in [0.3, 0.4) is 0 Å². The zero-order valence-electron chi connectivity index (χ0n) is 14.9. The largest absolute Gasteiger partial charge is 0.481 e. The van der Waals surface area contributed by atoms with E-state index in [-0.39, 0.29) is 23.8 Å². The zero-order valence-corrected chi connectivity index (χ0v) is 15.7. The van der Waals surface area contributed by atoms with E-state index in [1.165, 1.54) is 0 Å². The fourth-order valence-electron chi connectivity index (χ4n) is 3.02. The van der Waals surface area contributed by atoms with Gasteiger partial charge in [0.1, 0.15) is 0 Å². The maximum Gasteiger partial charge on any atom is 0.303 e. The smallest absolute Gasteiger partial charge is 0.303 e. The number of unbranched alkanes of at least 4 members (excludes halogenated alkanes) is 5. The Balaban J connectivity index is 2.19. The summed E-state index contributed by atoms with van der Waals surface area (Å²) in [5, 5.41) is 18.9. The van der Waals surface area contributed by atoms with E-state index in [0.29, 0.717) is 18.7 Å². The number of amides is 1. The molecule has 1 aliphatic heterocycles. The number of nitrogens with zero attached hydrogens (tertiary/aromatic N) is 1. The lowest BCUT2D eigenvalue weighted by atomic mass is 10.1. The van der Waals surface area contributed by atoms with Gasteiger partial charge in [0.2, 0.25) is 5.91 Å². The van der Waals surface area contributed by atoms with Crippen molar-refractivity contribution in [3.63, 3.8) is 0 Å². The van der Waals surface area contributed by atoms with Crippen molar-refractivity contribution in [3.8, 4) is 0 Å². The number of carbonyl (C=O) groups is 2. The molecule has 0 aromatic heterocycles. The molecule has 2 N–H and O–H groups in total. The molecule has 2 atom stereocenters. The van der Waals surface area contributed by atoms with Crippen molar-refractivity contribution in [2.24, 2.45) is 0 Å². The van der Waals surface area contributed by atoms with Crippen molar-refractivity contribution in [2.45, 2.75) is 89.0 Å². The van der Waals surface area contributed by atoms with E-state index in [2.05, 4.69) is 6.92 Å². The number of hydrogen-bond donors (Lipinski definition) is 2. The number of carboxylic acids is 1. The third kappa shape index (κ3) is 8.92. The Bertz CT molecular complexity index is 378. The Morgan fingerprint density at radius 1 is 1.21 bits per heavy atom. The maximum absolute atomic E-state index is 12.0. The van der Waals surface area contributed by atoms with Crippen LogP contribution < -0.4 is 0 Å². The normalized spacial score (nSPS) is 19.0. The second kappa shape index (κ2) is 12.6. The van der Waals surface area contributed by atoms with Crippen molar-refractivity contribution >= 4 is 23.6 Å². The Hall–Kier alpha value is -0.750. The Morgan fingerprint density at radius 2 is 1.96 bits per heavy atom. The molecule has 0 spiro atoms. The monoisotopic (exact) mass is 359 g/mol. The Kier molecular flexibility index (Phi) is 11.2. The average molecular weight is 360 g/mol. The first-order chi connectivity index (χ1) is 11.5. The highest BCUT2D eigenvalue weighted by atomic mass is 32.2. The molecule has 0 aliphatic carbocycles. The van der Waals surface area contributed by atoms with Crippen molar-refractivity contribution in [1.82, 2.24) is 4.90 Å². The number of thioether (sulfide) groups is 1. The third-order valence-corrected chi connectivity index (χ3v) is 5.79. The van der Waals surface area contributed by atoms with Gasteiger partial charge in [-0.25, -0.2) is 0 Å². The van der Waals surface area contributed by atoms with Gasteiger partial charge in [0.15, 0.2) is 0 Å². The first kappa shape index (κ1) is 21.3. The van der Waals surface area contributed by atoms with Gasteiger partial charge in [0.25, 0.3) is 0 Å². The van der Waals surface area contributed by atoms with Gasteiger partial charge in [-0.05, 0) is 25.7 Å². The lowest BCUT2D eigenvalue weighted by Crippen LogP contribution is -2.35. The lowest BCUT2D eigenvalue weighted by Gasteiger charge is -2.25. The fraction of sp³-hybridized carbons (Fsp3) is 0.889. The van der Waals surface area contributed by atoms with Gasteiger partial charge < -0.3 is 15.1 Å². The quantitative estimate of drug-likeness (QED) is 0.463. The minimum Gasteiger partial charge on any atom is -0.481 e. The molecule has 1 saturated heterocycles. The van der Waals surface area contributed by atoms with Crippen LogP contribution in [0.5, 0.6) is 0 Å². The molecule has 0 bridgehead atoms. The highest BCUT2D eigenvalue weighted by Crippen LogP contribution is 2.29. The Morgan fingerprint density at radius 3 is 2.67 bits per heavy atom. The van der Waals surface area contributed by atoms with Crippen LogP contribution in [0.4, 0.5) is 0 Å². The molecule has 1 aliphatic rings. The van der Waals surface area contributed by atoms with E-state index in [1.807, 2.05) is 4.90 Å². The SMILES string of the molecule is CCCCC[C@@H](O)CCN1C(=O)CS[C@@H]1CCCCCCC(=O)O. The molecule has 0 radical (unpaired) electrons. The average Bonchev–Trinajstić information content (AvgIpc) is 2.89. The number of aliphatic hydroxyl groups excluding tert-OH is 1. The highest BCUT2D eigenvalue weighted by molar-refractivity contribution is 8.00. The molecule has 1 amide bonds. The second-order valence-corrected chi connectivity index (χ2v) is 7.80. The number of aliphatic hydroxyl groups is 1. The molecule has 1 fully saturated rings. The number of hydrogen-bond acceptors (Lipinski definition) is 4. The molecule has 5 nitrogen and oxygen atoms in total. The van der Waals surface area contributed by atoms with Crippen molar-refractivity contribution in [3.05, 3.63) is 0 Å². The van der Waals surface area contributed by atoms with Crippen LogP contribution >= 0.6 is 11.8 Å². The van der Waals surface area contributed by atoms with Gasteiger partial charge in [-0.15, -0.1) is 11.8 Å². The summed E-state index contributed by atoms with van der Waals surface area (Å²) in [5.41, 5.74) is 0. The molecule has 0 saturated carbocycles. The van der Waals surface area contributed by atoms with E-state index in [0.717, 1.165) is 57.8 Å². The van der Waals surface area contributed by atoms with E-state index >= 15 is 0 Å². The summed E-state index contributed by atoms with van der Waals surface area (Å²) in [7, 11) is 0. The predicted molar refractivity (Wildman–Crippen MR) is 98.1 cm³/mol. The van der Waals surface area contributed by atoms with Crippen molar-refractivity contribution < 1.29 is 19.8 Å². The van der Waals surface area contributed by atoms with Crippen LogP contribution in [0.2, 0.25) is 0 Å². The Labute approximate surface area is 150 Å². The van der Waals surface area contributed by atoms with Crippen LogP contribution in [0.15, 0.2) is 0 Å². The van der Waals surface area contributed by atoms with Gasteiger partial charge in [-0.2, -0.15) is 0 Å². The summed E-state index contributed by atoms with van der Waals surface area (Å²) in [6.07, 6.45) is 9.50. The van der Waals surface area contributed by atoms with Crippen LogP contribution in [0.1, 0.15) is 77.6 Å². The molecular formula is C18H33NO4S. The zero-order chi connectivity index (χ0) is 17.8. The summed E-state index contributed by atoms with van der Waals surface area (Å²) in [6.45, 7) is 2.81. The molecule has 140 valence electrons. The molecule has 6 heteroatoms. The summed E-state index contributed by atoms with van der Waals surface area (Å²) < 4.78 is 0. The number of rotatable bonds is 14. The first-order valence-corrected chi connectivity index (χ1v) is 10.4. The summed E-state index contributed by atoms with van der Waals surface area (Å²) in [6, 6.07) is 0. The number of carbonyl (C=O) groups excluding carboxylic acids is 1. The molecule has 24 heavy (non-hydrogen) atoms. The lowest BCUT2D eigenvalue weighted by molar-refractivity contribution is -0.137. The van der Waals surface area contributed by atoms with E-state index in [4.69, 9.17) is 5.11 Å². The molecule has 0 unspecified atom stereocenters. The summed E-state index contributed by atoms with van der Waals surface area (Å²) in [5.74, 6) is 0.0162. The van der Waals surface area contributed by atoms with Crippen LogP contribution in [0, 0.1) is 0 Å². The van der Waals surface area contributed by atoms with Crippen LogP contribution in [-0.2, 0) is 9.59 Å². The van der Waals surface area contributed by atoms with Gasteiger partial charge in [-0.3, -0.25) is 9.59 Å². The summed E-state index contributed by atoms with van der Waals surface area (Å²) >= 11 is 1.70. The van der Waals surface area contributed by atoms with E-state index in [1.54, 1.807) is 11.8 Å². The third-order valence-electron chi connectivity index (χ3n) is 4.50. The number of aliphatic carboxylic acids is 1. The van der Waals surface area contributed by atoms with Crippen molar-refractivity contribution in [1.29, 1.82) is 0 Å². The first-order valence-electron chi connectivity index (χ1n) is 9.35. The van der Waals surface area contributed by atoms with Gasteiger partial charge in [-0.1, -0.05) is 45.4 Å². The predicted octanol–water partition coefficient (Wildman–Crippen LogP) is 3.64. The molecule has 0 aromatic rings. The van der Waals surface area contributed by atoms with E-state index in [9.17, 15) is 14.7 Å². The van der Waals surface area contributed by atoms with Gasteiger partial charge in [0, 0.05) is 13.0 Å². The van der Waals surface area contributed by atoms with Crippen LogP contribution in [-0.4, -0.2) is 50.8 Å². The minimum atomic E-state index is -0.726. The fourth-order valence-corrected chi connectivity index (χ4v) is 4.26. The molecule has 1 rings (SSSR count).